The van der Waals surface area contributed by atoms with Gasteiger partial charge in [0.25, 0.3) is 5.56 Å². The molecule has 0 saturated heterocycles. The van der Waals surface area contributed by atoms with Gasteiger partial charge in [0.15, 0.2) is 5.65 Å². The highest BCUT2D eigenvalue weighted by Crippen LogP contribution is 2.29. The van der Waals surface area contributed by atoms with E-state index in [9.17, 15) is 4.79 Å². The second kappa shape index (κ2) is 7.68. The Kier molecular flexibility index (Phi) is 4.94. The van der Waals surface area contributed by atoms with E-state index in [1.54, 1.807) is 16.4 Å². The Morgan fingerprint density at radius 1 is 1.22 bits per heavy atom. The van der Waals surface area contributed by atoms with Gasteiger partial charge in [-0.05, 0) is 58.4 Å². The van der Waals surface area contributed by atoms with E-state index in [0.29, 0.717) is 48.9 Å². The number of thiophene rings is 1. The average molecular weight is 512 g/mol. The fourth-order valence-corrected chi connectivity index (χ4v) is 5.23. The van der Waals surface area contributed by atoms with E-state index >= 15 is 0 Å². The number of fused-ring (bicyclic) bond motifs is 2. The predicted octanol–water partition coefficient (Wildman–Crippen LogP) is 3.61. The Labute approximate surface area is 194 Å². The van der Waals surface area contributed by atoms with E-state index in [1.807, 2.05) is 37.4 Å². The SMILES string of the molecule is COc1cc(C)ccc1-n1c(Cn2nc(Br)c3c(N)ncnc32)nc2scc(C)c2c1=O. The molecule has 0 bridgehead atoms. The molecule has 0 fully saturated rings. The maximum Gasteiger partial charge on any atom is 0.267 e. The molecule has 0 radical (unpaired) electrons. The maximum absolute atomic E-state index is 13.7. The number of methoxy groups -OCH3 is 1. The van der Waals surface area contributed by atoms with Gasteiger partial charge in [0.05, 0.1) is 23.6 Å². The summed E-state index contributed by atoms with van der Waals surface area (Å²) in [5, 5.41) is 7.67. The fraction of sp³-hybridized carbons (Fsp3) is 0.190. The number of rotatable bonds is 4. The first-order chi connectivity index (χ1) is 15.4. The zero-order valence-corrected chi connectivity index (χ0v) is 19.9. The Hall–Kier alpha value is -3.31. The van der Waals surface area contributed by atoms with Crippen molar-refractivity contribution >= 4 is 54.3 Å². The molecule has 11 heteroatoms. The van der Waals surface area contributed by atoms with Crippen LogP contribution in [-0.2, 0) is 6.54 Å². The van der Waals surface area contributed by atoms with Crippen LogP contribution in [0.2, 0.25) is 0 Å². The van der Waals surface area contributed by atoms with Gasteiger partial charge >= 0.3 is 0 Å². The van der Waals surface area contributed by atoms with Crippen LogP contribution in [0.3, 0.4) is 0 Å². The molecular formula is C21H18BrN7O2S. The van der Waals surface area contributed by atoms with Crippen molar-refractivity contribution in [3.8, 4) is 11.4 Å². The van der Waals surface area contributed by atoms with Crippen LogP contribution < -0.4 is 16.0 Å². The topological polar surface area (TPSA) is 114 Å². The van der Waals surface area contributed by atoms with Gasteiger partial charge in [0.1, 0.15) is 39.7 Å². The summed E-state index contributed by atoms with van der Waals surface area (Å²) in [6.45, 7) is 4.08. The van der Waals surface area contributed by atoms with Crippen LogP contribution in [0.4, 0.5) is 5.82 Å². The number of nitrogen functional groups attached to an aromatic ring is 1. The lowest BCUT2D eigenvalue weighted by molar-refractivity contribution is 0.411. The van der Waals surface area contributed by atoms with E-state index < -0.39 is 0 Å². The summed E-state index contributed by atoms with van der Waals surface area (Å²) in [4.78, 5) is 27.6. The Morgan fingerprint density at radius 3 is 2.81 bits per heavy atom. The van der Waals surface area contributed by atoms with E-state index in [0.717, 1.165) is 11.1 Å². The number of benzene rings is 1. The first-order valence-corrected chi connectivity index (χ1v) is 11.3. The van der Waals surface area contributed by atoms with Gasteiger partial charge in [-0.1, -0.05) is 6.07 Å². The van der Waals surface area contributed by atoms with Crippen molar-refractivity contribution in [2.75, 3.05) is 12.8 Å². The minimum Gasteiger partial charge on any atom is -0.495 e. The van der Waals surface area contributed by atoms with Gasteiger partial charge in [-0.15, -0.1) is 11.3 Å². The molecule has 4 aromatic heterocycles. The third-order valence-electron chi connectivity index (χ3n) is 5.24. The minimum absolute atomic E-state index is 0.157. The molecular weight excluding hydrogens is 494 g/mol. The first-order valence-electron chi connectivity index (χ1n) is 9.66. The fourth-order valence-electron chi connectivity index (χ4n) is 3.72. The molecule has 0 aliphatic heterocycles. The Morgan fingerprint density at radius 2 is 2.03 bits per heavy atom. The number of nitrogens with zero attached hydrogens (tertiary/aromatic N) is 6. The van der Waals surface area contributed by atoms with Gasteiger partial charge in [0, 0.05) is 0 Å². The van der Waals surface area contributed by atoms with E-state index in [1.165, 1.54) is 17.7 Å². The summed E-state index contributed by atoms with van der Waals surface area (Å²) >= 11 is 4.88. The zero-order valence-electron chi connectivity index (χ0n) is 17.5. The Bertz CT molecular complexity index is 1570. The molecule has 0 amide bonds. The normalized spacial score (nSPS) is 11.5. The molecule has 1 aromatic carbocycles. The second-order valence-corrected chi connectivity index (χ2v) is 8.96. The number of aromatic nitrogens is 6. The highest BCUT2D eigenvalue weighted by Gasteiger charge is 2.21. The summed E-state index contributed by atoms with van der Waals surface area (Å²) in [6, 6.07) is 5.70. The molecule has 0 aliphatic carbocycles. The number of hydrogen-bond donors (Lipinski definition) is 1. The lowest BCUT2D eigenvalue weighted by atomic mass is 10.2. The molecule has 32 heavy (non-hydrogen) atoms. The van der Waals surface area contributed by atoms with Gasteiger partial charge in [-0.3, -0.25) is 9.36 Å². The smallest absolute Gasteiger partial charge is 0.267 e. The summed E-state index contributed by atoms with van der Waals surface area (Å²) < 4.78 is 9.38. The van der Waals surface area contributed by atoms with Crippen LogP contribution in [0.1, 0.15) is 17.0 Å². The zero-order chi connectivity index (χ0) is 22.6. The quantitative estimate of drug-likeness (QED) is 0.391. The van der Waals surface area contributed by atoms with Gasteiger partial charge in [0.2, 0.25) is 0 Å². The average Bonchev–Trinajstić information content (AvgIpc) is 3.29. The lowest BCUT2D eigenvalue weighted by Gasteiger charge is -2.16. The molecule has 0 aliphatic rings. The number of halogens is 1. The molecule has 162 valence electrons. The van der Waals surface area contributed by atoms with Crippen LogP contribution in [0.25, 0.3) is 26.9 Å². The van der Waals surface area contributed by atoms with Gasteiger partial charge < -0.3 is 10.5 Å². The van der Waals surface area contributed by atoms with E-state index in [4.69, 9.17) is 15.5 Å². The van der Waals surface area contributed by atoms with Crippen molar-refractivity contribution < 1.29 is 4.74 Å². The van der Waals surface area contributed by atoms with Crippen LogP contribution in [0.15, 0.2) is 39.3 Å². The number of anilines is 1. The minimum atomic E-state index is -0.157. The number of ether oxygens (including phenoxy) is 1. The van der Waals surface area contributed by atoms with Crippen molar-refractivity contribution in [1.82, 2.24) is 29.3 Å². The number of hydrogen-bond acceptors (Lipinski definition) is 8. The highest BCUT2D eigenvalue weighted by atomic mass is 79.9. The first kappa shape index (κ1) is 20.6. The molecule has 0 spiro atoms. The summed E-state index contributed by atoms with van der Waals surface area (Å²) in [5.74, 6) is 1.41. The van der Waals surface area contributed by atoms with Crippen molar-refractivity contribution in [3.63, 3.8) is 0 Å². The molecule has 0 saturated carbocycles. The second-order valence-electron chi connectivity index (χ2n) is 7.35. The van der Waals surface area contributed by atoms with Crippen molar-refractivity contribution in [3.05, 3.63) is 61.8 Å². The van der Waals surface area contributed by atoms with Gasteiger partial charge in [-0.2, -0.15) is 5.10 Å². The van der Waals surface area contributed by atoms with Crippen LogP contribution in [0, 0.1) is 13.8 Å². The van der Waals surface area contributed by atoms with Gasteiger partial charge in [-0.25, -0.2) is 19.6 Å². The summed E-state index contributed by atoms with van der Waals surface area (Å²) in [5.41, 5.74) is 8.93. The molecule has 0 unspecified atom stereocenters. The van der Waals surface area contributed by atoms with E-state index in [-0.39, 0.29) is 12.1 Å². The molecule has 5 rings (SSSR count). The molecule has 0 atom stereocenters. The van der Waals surface area contributed by atoms with Crippen molar-refractivity contribution in [1.29, 1.82) is 0 Å². The summed E-state index contributed by atoms with van der Waals surface area (Å²) in [7, 11) is 1.59. The van der Waals surface area contributed by atoms with Crippen molar-refractivity contribution in [2.45, 2.75) is 20.4 Å². The van der Waals surface area contributed by atoms with E-state index in [2.05, 4.69) is 31.0 Å². The predicted molar refractivity (Wildman–Crippen MR) is 128 cm³/mol. The molecule has 9 nitrogen and oxygen atoms in total. The third-order valence-corrected chi connectivity index (χ3v) is 6.79. The van der Waals surface area contributed by atoms with Crippen LogP contribution in [0.5, 0.6) is 5.75 Å². The molecule has 4 heterocycles. The lowest BCUT2D eigenvalue weighted by Crippen LogP contribution is -2.26. The monoisotopic (exact) mass is 511 g/mol. The number of aryl methyl sites for hydroxylation is 2. The van der Waals surface area contributed by atoms with Crippen molar-refractivity contribution in [2.24, 2.45) is 0 Å². The molecule has 2 N–H and O–H groups in total. The Balaban J connectivity index is 1.80. The summed E-state index contributed by atoms with van der Waals surface area (Å²) in [6.07, 6.45) is 1.39. The standard InChI is InChI=1S/C21H18BrN7O2S/c1-10-4-5-12(13(6-10)31-3)29-14(26-20-15(21(29)30)11(2)8-32-20)7-28-19-16(17(22)27-28)18(23)24-9-25-19/h4-6,8-9H,7H2,1-3H3,(H2,23,24,25). The maximum atomic E-state index is 13.7. The number of nitrogens with two attached hydrogens (primary N) is 1. The largest absolute Gasteiger partial charge is 0.495 e. The molecule has 5 aromatic rings. The third kappa shape index (κ3) is 3.16. The highest BCUT2D eigenvalue weighted by molar-refractivity contribution is 9.10. The van der Waals surface area contributed by atoms with Crippen LogP contribution in [-0.4, -0.2) is 36.4 Å². The van der Waals surface area contributed by atoms with Crippen LogP contribution >= 0.6 is 27.3 Å².